The first-order valence-corrected chi connectivity index (χ1v) is 7.64. The Morgan fingerprint density at radius 1 is 1.15 bits per heavy atom. The lowest BCUT2D eigenvalue weighted by molar-refractivity contribution is -0.120. The fraction of sp³-hybridized carbons (Fsp3) is 0.214. The van der Waals surface area contributed by atoms with Crippen LogP contribution in [0.4, 0.5) is 0 Å². The van der Waals surface area contributed by atoms with Gasteiger partial charge in [-0.1, -0.05) is 43.3 Å². The summed E-state index contributed by atoms with van der Waals surface area (Å²) in [6, 6.07) is 11.9. The zero-order chi connectivity index (χ0) is 15.0. The van der Waals surface area contributed by atoms with E-state index in [1.54, 1.807) is 30.3 Å². The second-order valence-electron chi connectivity index (χ2n) is 4.59. The standard InChI is InChI=1S/C14H16N2O3S/c1-2-14(16,13(15)17)20(18,19)12-9-5-7-10-6-3-4-8-11(10)12/h3-9H,2,16H2,1H3,(H2,15,17). The molecule has 0 aliphatic heterocycles. The highest BCUT2D eigenvalue weighted by Crippen LogP contribution is 2.30. The monoisotopic (exact) mass is 292 g/mol. The van der Waals surface area contributed by atoms with Crippen molar-refractivity contribution in [3.05, 3.63) is 42.5 Å². The molecule has 1 unspecified atom stereocenters. The fourth-order valence-corrected chi connectivity index (χ4v) is 3.89. The van der Waals surface area contributed by atoms with Gasteiger partial charge in [0.25, 0.3) is 5.91 Å². The van der Waals surface area contributed by atoms with E-state index in [-0.39, 0.29) is 11.3 Å². The van der Waals surface area contributed by atoms with Gasteiger partial charge in [0.15, 0.2) is 0 Å². The van der Waals surface area contributed by atoms with Crippen molar-refractivity contribution >= 4 is 26.5 Å². The van der Waals surface area contributed by atoms with Gasteiger partial charge < -0.3 is 11.5 Å². The molecule has 5 nitrogen and oxygen atoms in total. The zero-order valence-electron chi connectivity index (χ0n) is 11.0. The van der Waals surface area contributed by atoms with Crippen LogP contribution >= 0.6 is 0 Å². The summed E-state index contributed by atoms with van der Waals surface area (Å²) in [6.45, 7) is 1.52. The van der Waals surface area contributed by atoms with Gasteiger partial charge in [-0.05, 0) is 17.9 Å². The van der Waals surface area contributed by atoms with E-state index in [0.717, 1.165) is 5.39 Å². The van der Waals surface area contributed by atoms with Gasteiger partial charge in [-0.3, -0.25) is 4.79 Å². The SMILES string of the molecule is CCC(N)(C(N)=O)S(=O)(=O)c1cccc2ccccc12. The van der Waals surface area contributed by atoms with Crippen molar-refractivity contribution < 1.29 is 13.2 Å². The lowest BCUT2D eigenvalue weighted by atomic mass is 10.1. The first-order chi connectivity index (χ1) is 9.34. The molecule has 4 N–H and O–H groups in total. The normalized spacial score (nSPS) is 14.9. The molecule has 0 saturated carbocycles. The minimum atomic E-state index is -4.07. The van der Waals surface area contributed by atoms with Crippen LogP contribution in [0.25, 0.3) is 10.8 Å². The molecule has 0 aliphatic rings. The number of sulfone groups is 1. The molecule has 2 rings (SSSR count). The van der Waals surface area contributed by atoms with E-state index in [1.807, 2.05) is 6.07 Å². The average Bonchev–Trinajstić information content (AvgIpc) is 2.45. The lowest BCUT2D eigenvalue weighted by Gasteiger charge is -2.25. The number of nitrogens with two attached hydrogens (primary N) is 2. The number of carbonyl (C=O) groups is 1. The Hall–Kier alpha value is -1.92. The fourth-order valence-electron chi connectivity index (χ4n) is 2.12. The van der Waals surface area contributed by atoms with E-state index in [4.69, 9.17) is 11.5 Å². The predicted molar refractivity (Wildman–Crippen MR) is 77.5 cm³/mol. The smallest absolute Gasteiger partial charge is 0.253 e. The Morgan fingerprint density at radius 3 is 2.35 bits per heavy atom. The summed E-state index contributed by atoms with van der Waals surface area (Å²) in [5, 5.41) is 1.29. The van der Waals surface area contributed by atoms with Crippen molar-refractivity contribution in [1.29, 1.82) is 0 Å². The first kappa shape index (κ1) is 14.5. The number of fused-ring (bicyclic) bond motifs is 1. The van der Waals surface area contributed by atoms with Crippen molar-refractivity contribution in [2.75, 3.05) is 0 Å². The molecule has 0 bridgehead atoms. The average molecular weight is 292 g/mol. The van der Waals surface area contributed by atoms with Gasteiger partial charge in [0.2, 0.25) is 14.7 Å². The van der Waals surface area contributed by atoms with Crippen molar-refractivity contribution in [2.45, 2.75) is 23.1 Å². The number of hydrogen-bond acceptors (Lipinski definition) is 4. The highest BCUT2D eigenvalue weighted by Gasteiger charge is 2.45. The molecule has 0 spiro atoms. The second-order valence-corrected chi connectivity index (χ2v) is 6.76. The minimum Gasteiger partial charge on any atom is -0.367 e. The van der Waals surface area contributed by atoms with Crippen molar-refractivity contribution in [3.8, 4) is 0 Å². The molecule has 0 heterocycles. The molecule has 2 aromatic rings. The zero-order valence-corrected chi connectivity index (χ0v) is 11.9. The van der Waals surface area contributed by atoms with Gasteiger partial charge in [0, 0.05) is 5.39 Å². The maximum Gasteiger partial charge on any atom is 0.253 e. The van der Waals surface area contributed by atoms with Gasteiger partial charge in [0.05, 0.1) is 4.90 Å². The van der Waals surface area contributed by atoms with E-state index >= 15 is 0 Å². The molecular formula is C14H16N2O3S. The van der Waals surface area contributed by atoms with Crippen LogP contribution in [0.5, 0.6) is 0 Å². The molecule has 1 atom stereocenters. The summed E-state index contributed by atoms with van der Waals surface area (Å²) in [4.78, 5) is 9.45. The van der Waals surface area contributed by atoms with E-state index in [0.29, 0.717) is 5.39 Å². The Morgan fingerprint density at radius 2 is 1.75 bits per heavy atom. The van der Waals surface area contributed by atoms with Gasteiger partial charge in [-0.15, -0.1) is 0 Å². The molecule has 0 radical (unpaired) electrons. The Bertz CT molecular complexity index is 766. The van der Waals surface area contributed by atoms with Gasteiger partial charge in [-0.2, -0.15) is 0 Å². The van der Waals surface area contributed by atoms with Gasteiger partial charge >= 0.3 is 0 Å². The molecule has 6 heteroatoms. The molecule has 0 fully saturated rings. The molecule has 0 aromatic heterocycles. The van der Waals surface area contributed by atoms with Crippen LogP contribution in [0.3, 0.4) is 0 Å². The van der Waals surface area contributed by atoms with E-state index in [2.05, 4.69) is 0 Å². The van der Waals surface area contributed by atoms with Crippen LogP contribution in [0.2, 0.25) is 0 Å². The molecule has 1 amide bonds. The third-order valence-corrected chi connectivity index (χ3v) is 5.84. The maximum absolute atomic E-state index is 12.7. The topological polar surface area (TPSA) is 103 Å². The van der Waals surface area contributed by atoms with E-state index in [1.165, 1.54) is 13.0 Å². The molecular weight excluding hydrogens is 276 g/mol. The maximum atomic E-state index is 12.7. The van der Waals surface area contributed by atoms with Crippen LogP contribution in [0.1, 0.15) is 13.3 Å². The quantitative estimate of drug-likeness (QED) is 0.882. The highest BCUT2D eigenvalue weighted by molar-refractivity contribution is 7.93. The van der Waals surface area contributed by atoms with Crippen LogP contribution in [-0.4, -0.2) is 19.2 Å². The largest absolute Gasteiger partial charge is 0.367 e. The van der Waals surface area contributed by atoms with Gasteiger partial charge in [-0.25, -0.2) is 8.42 Å². The third kappa shape index (κ3) is 1.97. The van der Waals surface area contributed by atoms with Crippen LogP contribution in [-0.2, 0) is 14.6 Å². The predicted octanol–water partition coefficient (Wildman–Crippen LogP) is 1.16. The molecule has 0 saturated heterocycles. The number of carbonyl (C=O) groups excluding carboxylic acids is 1. The van der Waals surface area contributed by atoms with Crippen molar-refractivity contribution in [1.82, 2.24) is 0 Å². The summed E-state index contributed by atoms with van der Waals surface area (Å²) in [6.07, 6.45) is -0.0894. The minimum absolute atomic E-state index is 0.0266. The van der Waals surface area contributed by atoms with E-state index < -0.39 is 20.6 Å². The van der Waals surface area contributed by atoms with Crippen LogP contribution in [0.15, 0.2) is 47.4 Å². The van der Waals surface area contributed by atoms with Crippen molar-refractivity contribution in [2.24, 2.45) is 11.5 Å². The summed E-state index contributed by atoms with van der Waals surface area (Å²) < 4.78 is 25.4. The number of benzene rings is 2. The van der Waals surface area contributed by atoms with Crippen LogP contribution in [0, 0.1) is 0 Å². The Balaban J connectivity index is 2.79. The number of rotatable bonds is 4. The Kier molecular flexibility index (Phi) is 3.54. The second kappa shape index (κ2) is 4.88. The summed E-state index contributed by atoms with van der Waals surface area (Å²) >= 11 is 0. The highest BCUT2D eigenvalue weighted by atomic mass is 32.2. The lowest BCUT2D eigenvalue weighted by Crippen LogP contribution is -2.57. The molecule has 0 aliphatic carbocycles. The van der Waals surface area contributed by atoms with Gasteiger partial charge in [0.1, 0.15) is 0 Å². The summed E-state index contributed by atoms with van der Waals surface area (Å²) in [7, 11) is -4.07. The number of primary amides is 1. The Labute approximate surface area is 117 Å². The molecule has 2 aromatic carbocycles. The summed E-state index contributed by atoms with van der Waals surface area (Å²) in [5.74, 6) is -1.05. The van der Waals surface area contributed by atoms with Crippen molar-refractivity contribution in [3.63, 3.8) is 0 Å². The number of amides is 1. The molecule has 20 heavy (non-hydrogen) atoms. The molecule has 106 valence electrons. The van der Waals surface area contributed by atoms with Crippen LogP contribution < -0.4 is 11.5 Å². The van der Waals surface area contributed by atoms with E-state index in [9.17, 15) is 13.2 Å². The third-order valence-electron chi connectivity index (χ3n) is 3.46. The number of hydrogen-bond donors (Lipinski definition) is 2. The summed E-state index contributed by atoms with van der Waals surface area (Å²) in [5.41, 5.74) is 11.0. The first-order valence-electron chi connectivity index (χ1n) is 6.16.